The quantitative estimate of drug-likeness (QED) is 0.147. The van der Waals surface area contributed by atoms with Crippen molar-refractivity contribution in [2.75, 3.05) is 4.90 Å². The molecular formula is C67H47N. The molecule has 11 aromatic carbocycles. The third-order valence-electron chi connectivity index (χ3n) is 15.1. The number of hydrogen-bond donors (Lipinski definition) is 0. The van der Waals surface area contributed by atoms with E-state index in [-0.39, 0.29) is 5.41 Å². The van der Waals surface area contributed by atoms with Crippen LogP contribution in [-0.2, 0) is 10.8 Å². The maximum Gasteiger partial charge on any atom is 0.0713 e. The highest BCUT2D eigenvalue weighted by Crippen LogP contribution is 2.59. The van der Waals surface area contributed by atoms with Gasteiger partial charge in [0.05, 0.1) is 5.41 Å². The second-order valence-corrected chi connectivity index (χ2v) is 18.5. The van der Waals surface area contributed by atoms with Crippen molar-refractivity contribution >= 4 is 27.8 Å². The van der Waals surface area contributed by atoms with E-state index in [1.54, 1.807) is 0 Å². The summed E-state index contributed by atoms with van der Waals surface area (Å²) in [5, 5.41) is 2.50. The number of benzene rings is 11. The molecule has 68 heavy (non-hydrogen) atoms. The van der Waals surface area contributed by atoms with Crippen molar-refractivity contribution in [2.45, 2.75) is 17.8 Å². The van der Waals surface area contributed by atoms with Crippen molar-refractivity contribution in [3.05, 3.63) is 306 Å². The zero-order valence-electron chi connectivity index (χ0n) is 37.9. The molecule has 0 aliphatic heterocycles. The first-order valence-corrected chi connectivity index (χ1v) is 23.8. The van der Waals surface area contributed by atoms with Gasteiger partial charge < -0.3 is 4.90 Å². The predicted molar refractivity (Wildman–Crippen MR) is 284 cm³/mol. The standard InChI is InChI=1S/C67H47N/c1-66(49-21-5-2-6-22-49)61-32-15-13-28-58(61)59-44-43-54(45-64(59)66)68(52-39-35-47(36-40-52)56-30-17-20-46-19-11-12-27-55(46)56)53-41-37-48(38-42-53)57-31-18-34-63-65(57)60-29-14-16-33-62(60)67(63,50-23-7-3-8-24-50)51-25-9-4-10-26-51/h2-45H,1H3. The fraction of sp³-hybridized carbons (Fsp3) is 0.0448. The molecule has 1 atom stereocenters. The lowest BCUT2D eigenvalue weighted by atomic mass is 9.67. The van der Waals surface area contributed by atoms with Gasteiger partial charge in [-0.1, -0.05) is 231 Å². The van der Waals surface area contributed by atoms with Crippen LogP contribution in [0.1, 0.15) is 45.9 Å². The van der Waals surface area contributed by atoms with Crippen molar-refractivity contribution < 1.29 is 0 Å². The van der Waals surface area contributed by atoms with Gasteiger partial charge in [0, 0.05) is 22.5 Å². The van der Waals surface area contributed by atoms with Crippen molar-refractivity contribution in [1.29, 1.82) is 0 Å². The van der Waals surface area contributed by atoms with Crippen molar-refractivity contribution in [2.24, 2.45) is 0 Å². The number of fused-ring (bicyclic) bond motifs is 7. The van der Waals surface area contributed by atoms with Crippen LogP contribution in [0.4, 0.5) is 17.1 Å². The second-order valence-electron chi connectivity index (χ2n) is 18.5. The topological polar surface area (TPSA) is 3.24 Å². The number of rotatable bonds is 8. The van der Waals surface area contributed by atoms with Gasteiger partial charge in [-0.05, 0) is 138 Å². The van der Waals surface area contributed by atoms with Gasteiger partial charge in [-0.2, -0.15) is 0 Å². The zero-order valence-corrected chi connectivity index (χ0v) is 37.9. The smallest absolute Gasteiger partial charge is 0.0713 e. The summed E-state index contributed by atoms with van der Waals surface area (Å²) in [6.07, 6.45) is 0. The minimum atomic E-state index is -0.457. The van der Waals surface area contributed by atoms with Crippen LogP contribution in [0.2, 0.25) is 0 Å². The monoisotopic (exact) mass is 865 g/mol. The van der Waals surface area contributed by atoms with Crippen LogP contribution in [-0.4, -0.2) is 0 Å². The Bertz CT molecular complexity index is 3620. The Morgan fingerprint density at radius 2 is 0.750 bits per heavy atom. The molecule has 13 rings (SSSR count). The van der Waals surface area contributed by atoms with Crippen LogP contribution in [0, 0.1) is 0 Å². The fourth-order valence-corrected chi connectivity index (χ4v) is 11.9. The molecule has 0 saturated carbocycles. The van der Waals surface area contributed by atoms with Crippen LogP contribution < -0.4 is 4.90 Å². The van der Waals surface area contributed by atoms with Crippen molar-refractivity contribution in [1.82, 2.24) is 0 Å². The van der Waals surface area contributed by atoms with Crippen LogP contribution in [0.5, 0.6) is 0 Å². The summed E-state index contributed by atoms with van der Waals surface area (Å²) in [5.41, 5.74) is 21.7. The van der Waals surface area contributed by atoms with Crippen LogP contribution in [0.15, 0.2) is 267 Å². The molecule has 0 bridgehead atoms. The SMILES string of the molecule is CC1(c2ccccc2)c2ccccc2-c2ccc(N(c3ccc(-c4cccc5c4-c4ccccc4C5(c4ccccc4)c4ccccc4)cc3)c3ccc(-c4cccc5ccccc45)cc3)cc21. The Labute approximate surface area is 398 Å². The molecule has 0 N–H and O–H groups in total. The summed E-state index contributed by atoms with van der Waals surface area (Å²) in [6, 6.07) is 98.8. The summed E-state index contributed by atoms with van der Waals surface area (Å²) in [7, 11) is 0. The first kappa shape index (κ1) is 39.8. The van der Waals surface area contributed by atoms with E-state index in [0.29, 0.717) is 0 Å². The van der Waals surface area contributed by atoms with Crippen LogP contribution in [0.25, 0.3) is 55.3 Å². The highest BCUT2D eigenvalue weighted by Gasteiger charge is 2.47. The first-order valence-electron chi connectivity index (χ1n) is 23.8. The number of anilines is 3. The van der Waals surface area contributed by atoms with E-state index in [0.717, 1.165) is 17.1 Å². The minimum Gasteiger partial charge on any atom is -0.310 e. The lowest BCUT2D eigenvalue weighted by molar-refractivity contribution is 0.714. The highest BCUT2D eigenvalue weighted by molar-refractivity contribution is 5.98. The Balaban J connectivity index is 0.971. The van der Waals surface area contributed by atoms with Crippen molar-refractivity contribution in [3.8, 4) is 44.5 Å². The molecule has 0 saturated heterocycles. The van der Waals surface area contributed by atoms with Gasteiger partial charge in [0.1, 0.15) is 0 Å². The van der Waals surface area contributed by atoms with Gasteiger partial charge in [0.25, 0.3) is 0 Å². The molecular weight excluding hydrogens is 819 g/mol. The second kappa shape index (κ2) is 15.8. The predicted octanol–water partition coefficient (Wildman–Crippen LogP) is 17.3. The molecule has 0 spiro atoms. The molecule has 1 nitrogen and oxygen atoms in total. The number of nitrogens with zero attached hydrogens (tertiary/aromatic N) is 1. The van der Waals surface area contributed by atoms with Gasteiger partial charge in [-0.25, -0.2) is 0 Å². The molecule has 11 aromatic rings. The molecule has 1 heteroatoms. The molecule has 2 aliphatic carbocycles. The lowest BCUT2D eigenvalue weighted by Gasteiger charge is -2.34. The highest BCUT2D eigenvalue weighted by atomic mass is 15.1. The lowest BCUT2D eigenvalue weighted by Crippen LogP contribution is -2.28. The third kappa shape index (κ3) is 5.95. The Morgan fingerprint density at radius 3 is 1.43 bits per heavy atom. The Morgan fingerprint density at radius 1 is 0.294 bits per heavy atom. The molecule has 0 heterocycles. The summed E-state index contributed by atoms with van der Waals surface area (Å²) in [6.45, 7) is 2.40. The van der Waals surface area contributed by atoms with Crippen LogP contribution >= 0.6 is 0 Å². The average Bonchev–Trinajstić information content (AvgIpc) is 3.87. The molecule has 2 aliphatic rings. The van der Waals surface area contributed by atoms with Crippen LogP contribution in [0.3, 0.4) is 0 Å². The van der Waals surface area contributed by atoms with Gasteiger partial charge >= 0.3 is 0 Å². The Hall–Kier alpha value is -8.52. The molecule has 0 radical (unpaired) electrons. The van der Waals surface area contributed by atoms with Gasteiger partial charge in [-0.3, -0.25) is 0 Å². The molecule has 0 aromatic heterocycles. The van der Waals surface area contributed by atoms with E-state index in [1.165, 1.54) is 94.2 Å². The van der Waals surface area contributed by atoms with E-state index >= 15 is 0 Å². The average molecular weight is 866 g/mol. The maximum absolute atomic E-state index is 2.45. The van der Waals surface area contributed by atoms with E-state index in [1.807, 2.05) is 0 Å². The third-order valence-corrected chi connectivity index (χ3v) is 15.1. The Kier molecular flexibility index (Phi) is 9.27. The fourth-order valence-electron chi connectivity index (χ4n) is 11.9. The van der Waals surface area contributed by atoms with Gasteiger partial charge in [-0.15, -0.1) is 0 Å². The van der Waals surface area contributed by atoms with E-state index in [4.69, 9.17) is 0 Å². The summed E-state index contributed by atoms with van der Waals surface area (Å²) in [5.74, 6) is 0. The number of hydrogen-bond acceptors (Lipinski definition) is 1. The van der Waals surface area contributed by atoms with E-state index in [2.05, 4.69) is 279 Å². The van der Waals surface area contributed by atoms with Gasteiger partial charge in [0.15, 0.2) is 0 Å². The minimum absolute atomic E-state index is 0.324. The molecule has 0 fully saturated rings. The molecule has 320 valence electrons. The first-order chi connectivity index (χ1) is 33.6. The normalized spacial score (nSPS) is 15.0. The molecule has 0 amide bonds. The van der Waals surface area contributed by atoms with Gasteiger partial charge in [0.2, 0.25) is 0 Å². The van der Waals surface area contributed by atoms with E-state index < -0.39 is 5.41 Å². The molecule has 1 unspecified atom stereocenters. The van der Waals surface area contributed by atoms with Crippen molar-refractivity contribution in [3.63, 3.8) is 0 Å². The largest absolute Gasteiger partial charge is 0.310 e. The summed E-state index contributed by atoms with van der Waals surface area (Å²) in [4.78, 5) is 2.44. The summed E-state index contributed by atoms with van der Waals surface area (Å²) < 4.78 is 0. The van der Waals surface area contributed by atoms with E-state index in [9.17, 15) is 0 Å². The zero-order chi connectivity index (χ0) is 45.2. The maximum atomic E-state index is 2.45. The summed E-state index contributed by atoms with van der Waals surface area (Å²) >= 11 is 0.